The highest BCUT2D eigenvalue weighted by atomic mass is 35.5. The third kappa shape index (κ3) is 3.25. The maximum atomic E-state index is 13.3. The van der Waals surface area contributed by atoms with Crippen molar-refractivity contribution >= 4 is 45.7 Å². The van der Waals surface area contributed by atoms with E-state index in [0.717, 1.165) is 9.58 Å². The molecule has 10 heteroatoms. The molecule has 2 aromatic rings. The van der Waals surface area contributed by atoms with Gasteiger partial charge in [-0.25, -0.2) is 4.98 Å². The molecule has 0 radical (unpaired) electrons. The second-order valence-corrected chi connectivity index (χ2v) is 6.81. The average molecular weight is 382 g/mol. The number of alkyl halides is 3. The number of halogens is 4. The summed E-state index contributed by atoms with van der Waals surface area (Å²) < 4.78 is 40.6. The van der Waals surface area contributed by atoms with Gasteiger partial charge in [0, 0.05) is 11.9 Å². The second-order valence-electron chi connectivity index (χ2n) is 5.76. The molecule has 134 valence electrons. The zero-order valence-electron chi connectivity index (χ0n) is 13.0. The summed E-state index contributed by atoms with van der Waals surface area (Å²) in [5, 5.41) is 2.94. The summed E-state index contributed by atoms with van der Waals surface area (Å²) >= 11 is 1.45. The number of hydrogen-bond acceptors (Lipinski definition) is 6. The maximum absolute atomic E-state index is 13.3. The van der Waals surface area contributed by atoms with E-state index < -0.39 is 12.1 Å². The first-order chi connectivity index (χ1) is 10.8. The quantitative estimate of drug-likeness (QED) is 0.759. The number of anilines is 2. The number of aromatic nitrogens is 2. The molecule has 0 saturated carbocycles. The molecule has 2 atom stereocenters. The second kappa shape index (κ2) is 6.89. The van der Waals surface area contributed by atoms with Crippen LogP contribution < -0.4 is 16.8 Å². The van der Waals surface area contributed by atoms with E-state index in [0.29, 0.717) is 29.9 Å². The van der Waals surface area contributed by atoms with Gasteiger partial charge < -0.3 is 16.8 Å². The van der Waals surface area contributed by atoms with Crippen molar-refractivity contribution in [1.82, 2.24) is 9.97 Å². The normalized spacial score (nSPS) is 20.5. The van der Waals surface area contributed by atoms with E-state index in [1.807, 2.05) is 0 Å². The fraction of sp³-hybridized carbons (Fsp3) is 0.571. The van der Waals surface area contributed by atoms with Gasteiger partial charge in [0.15, 0.2) is 0 Å². The summed E-state index contributed by atoms with van der Waals surface area (Å²) in [7, 11) is 1.70. The van der Waals surface area contributed by atoms with Gasteiger partial charge in [0.25, 0.3) is 0 Å². The molecule has 3 rings (SSSR count). The summed E-state index contributed by atoms with van der Waals surface area (Å²) in [5.74, 6) is -0.937. The number of fused-ring (bicyclic) bond motifs is 3. The lowest BCUT2D eigenvalue weighted by atomic mass is 9.79. The Labute approximate surface area is 147 Å². The lowest BCUT2D eigenvalue weighted by Gasteiger charge is -2.30. The van der Waals surface area contributed by atoms with Crippen LogP contribution in [-0.2, 0) is 6.42 Å². The predicted molar refractivity (Wildman–Crippen MR) is 92.9 cm³/mol. The van der Waals surface area contributed by atoms with Gasteiger partial charge in [-0.1, -0.05) is 0 Å². The Bertz CT molecular complexity index is 733. The number of hydrogen-bond donors (Lipinski definition) is 3. The van der Waals surface area contributed by atoms with Gasteiger partial charge in [0.1, 0.15) is 5.82 Å². The number of nitrogen functional groups attached to an aromatic ring is 1. The predicted octanol–water partition coefficient (Wildman–Crippen LogP) is 3.29. The highest BCUT2D eigenvalue weighted by Crippen LogP contribution is 2.49. The van der Waals surface area contributed by atoms with E-state index in [9.17, 15) is 13.2 Å². The number of rotatable bonds is 3. The number of nitrogens with one attached hydrogen (secondary N) is 1. The van der Waals surface area contributed by atoms with Crippen LogP contribution in [0.5, 0.6) is 0 Å². The minimum absolute atomic E-state index is 0. The van der Waals surface area contributed by atoms with Gasteiger partial charge in [-0.2, -0.15) is 18.2 Å². The SMILES string of the molecule is CNc1nc(N)nc2c3c(sc12)C(CCN)CC(C(F)(F)F)C3.Cl. The van der Waals surface area contributed by atoms with Crippen molar-refractivity contribution in [2.75, 3.05) is 24.6 Å². The van der Waals surface area contributed by atoms with Crippen LogP contribution in [0.1, 0.15) is 29.2 Å². The molecule has 0 fully saturated rings. The first-order valence-electron chi connectivity index (χ1n) is 7.38. The molecule has 0 saturated heterocycles. The van der Waals surface area contributed by atoms with Crippen molar-refractivity contribution in [1.29, 1.82) is 0 Å². The van der Waals surface area contributed by atoms with Crippen LogP contribution >= 0.6 is 23.7 Å². The van der Waals surface area contributed by atoms with Gasteiger partial charge in [-0.3, -0.25) is 0 Å². The van der Waals surface area contributed by atoms with Crippen molar-refractivity contribution in [2.24, 2.45) is 11.7 Å². The van der Waals surface area contributed by atoms with E-state index in [1.165, 1.54) is 11.3 Å². The Kier molecular flexibility index (Phi) is 5.46. The molecule has 0 bridgehead atoms. The largest absolute Gasteiger partial charge is 0.392 e. The molecule has 5 nitrogen and oxygen atoms in total. The smallest absolute Gasteiger partial charge is 0.372 e. The average Bonchev–Trinajstić information content (AvgIpc) is 2.85. The molecule has 0 aliphatic heterocycles. The molecule has 1 aliphatic rings. The van der Waals surface area contributed by atoms with Crippen molar-refractivity contribution < 1.29 is 13.2 Å². The molecule has 5 N–H and O–H groups in total. The molecule has 0 amide bonds. The van der Waals surface area contributed by atoms with Crippen LogP contribution in [0.3, 0.4) is 0 Å². The van der Waals surface area contributed by atoms with Crippen LogP contribution in [0.25, 0.3) is 10.2 Å². The van der Waals surface area contributed by atoms with Gasteiger partial charge >= 0.3 is 6.18 Å². The van der Waals surface area contributed by atoms with E-state index >= 15 is 0 Å². The van der Waals surface area contributed by atoms with Crippen LogP contribution in [-0.4, -0.2) is 29.7 Å². The fourth-order valence-electron chi connectivity index (χ4n) is 3.23. The van der Waals surface area contributed by atoms with E-state index in [4.69, 9.17) is 11.5 Å². The number of nitrogens with zero attached hydrogens (tertiary/aromatic N) is 2. The van der Waals surface area contributed by atoms with Crippen LogP contribution in [0.4, 0.5) is 24.9 Å². The molecule has 2 aromatic heterocycles. The van der Waals surface area contributed by atoms with Crippen molar-refractivity contribution in [3.63, 3.8) is 0 Å². The van der Waals surface area contributed by atoms with Gasteiger partial charge in [-0.15, -0.1) is 23.7 Å². The Morgan fingerprint density at radius 2 is 2.04 bits per heavy atom. The standard InChI is InChI=1S/C14H18F3N5S.ClH/c1-20-12-11-9(21-13(19)22-12)8-5-7(14(15,16)17)4-6(2-3-18)10(8)23-11;/h6-7H,2-5,18H2,1H3,(H3,19,20,21,22);1H. The number of nitrogens with two attached hydrogens (primary N) is 2. The summed E-state index contributed by atoms with van der Waals surface area (Å²) in [6, 6.07) is 0. The first-order valence-corrected chi connectivity index (χ1v) is 8.20. The fourth-order valence-corrected chi connectivity index (χ4v) is 4.65. The lowest BCUT2D eigenvalue weighted by molar-refractivity contribution is -0.178. The molecule has 2 unspecified atom stereocenters. The number of thiophene rings is 1. The minimum atomic E-state index is -4.22. The van der Waals surface area contributed by atoms with Crippen molar-refractivity contribution in [2.45, 2.75) is 31.4 Å². The molecule has 0 spiro atoms. The Hall–Kier alpha value is -1.32. The van der Waals surface area contributed by atoms with Crippen LogP contribution in [0, 0.1) is 5.92 Å². The van der Waals surface area contributed by atoms with E-state index in [2.05, 4.69) is 15.3 Å². The summed E-state index contributed by atoms with van der Waals surface area (Å²) in [6.07, 6.45) is -3.66. The lowest BCUT2D eigenvalue weighted by Crippen LogP contribution is -2.31. The Balaban J connectivity index is 0.00000208. The summed E-state index contributed by atoms with van der Waals surface area (Å²) in [5.41, 5.74) is 12.5. The molecule has 1 aliphatic carbocycles. The third-order valence-electron chi connectivity index (χ3n) is 4.28. The first kappa shape index (κ1) is 19.0. The highest BCUT2D eigenvalue weighted by Gasteiger charge is 2.45. The van der Waals surface area contributed by atoms with Gasteiger partial charge in [-0.05, 0) is 37.3 Å². The summed E-state index contributed by atoms with van der Waals surface area (Å²) in [4.78, 5) is 9.27. The molecule has 2 heterocycles. The molecular formula is C14H19ClF3N5S. The molecule has 0 aromatic carbocycles. The molecular weight excluding hydrogens is 363 g/mol. The maximum Gasteiger partial charge on any atom is 0.392 e. The minimum Gasteiger partial charge on any atom is -0.372 e. The Morgan fingerprint density at radius 3 is 2.62 bits per heavy atom. The topological polar surface area (TPSA) is 89.8 Å². The van der Waals surface area contributed by atoms with Gasteiger partial charge in [0.2, 0.25) is 5.95 Å². The monoisotopic (exact) mass is 381 g/mol. The zero-order chi connectivity index (χ0) is 16.8. The molecule has 24 heavy (non-hydrogen) atoms. The zero-order valence-corrected chi connectivity index (χ0v) is 14.6. The van der Waals surface area contributed by atoms with Gasteiger partial charge in [0.05, 0.1) is 16.1 Å². The van der Waals surface area contributed by atoms with E-state index in [1.54, 1.807) is 7.05 Å². The Morgan fingerprint density at radius 1 is 1.33 bits per heavy atom. The van der Waals surface area contributed by atoms with E-state index in [-0.39, 0.29) is 37.1 Å². The van der Waals surface area contributed by atoms with Crippen molar-refractivity contribution in [3.05, 3.63) is 10.4 Å². The third-order valence-corrected chi connectivity index (χ3v) is 5.67. The van der Waals surface area contributed by atoms with Crippen molar-refractivity contribution in [3.8, 4) is 0 Å². The summed E-state index contributed by atoms with van der Waals surface area (Å²) in [6.45, 7) is 0.357. The van der Waals surface area contributed by atoms with Crippen LogP contribution in [0.2, 0.25) is 0 Å². The highest BCUT2D eigenvalue weighted by molar-refractivity contribution is 7.20. The van der Waals surface area contributed by atoms with Crippen LogP contribution in [0.15, 0.2) is 0 Å².